The maximum atomic E-state index is 5.55. The molecule has 0 radical (unpaired) electrons. The number of rotatable bonds is 4. The number of thiophene rings is 1. The Morgan fingerprint density at radius 2 is 1.80 bits per heavy atom. The number of benzene rings is 2. The number of aryl methyl sites for hydroxylation is 2. The fourth-order valence-corrected chi connectivity index (χ4v) is 5.54. The van der Waals surface area contributed by atoms with E-state index >= 15 is 0 Å². The highest BCUT2D eigenvalue weighted by Gasteiger charge is 2.22. The van der Waals surface area contributed by atoms with Crippen molar-refractivity contribution >= 4 is 33.1 Å². The smallest absolute Gasteiger partial charge is 0.231 e. The van der Waals surface area contributed by atoms with E-state index in [9.17, 15) is 0 Å². The first kappa shape index (κ1) is 17.7. The summed E-state index contributed by atoms with van der Waals surface area (Å²) >= 11 is 1.83. The van der Waals surface area contributed by atoms with Gasteiger partial charge in [0.25, 0.3) is 0 Å². The lowest BCUT2D eigenvalue weighted by Crippen LogP contribution is -2.04. The van der Waals surface area contributed by atoms with Crippen molar-refractivity contribution in [3.63, 3.8) is 0 Å². The molecule has 150 valence electrons. The summed E-state index contributed by atoms with van der Waals surface area (Å²) in [7, 11) is 0. The lowest BCUT2D eigenvalue weighted by atomic mass is 9.97. The molecule has 0 atom stereocenters. The molecule has 6 rings (SSSR count). The third-order valence-corrected chi connectivity index (χ3v) is 6.89. The van der Waals surface area contributed by atoms with Gasteiger partial charge in [-0.2, -0.15) is 0 Å². The number of fused-ring (bicyclic) bond motifs is 4. The van der Waals surface area contributed by atoms with Gasteiger partial charge in [-0.05, 0) is 48.9 Å². The van der Waals surface area contributed by atoms with E-state index in [0.717, 1.165) is 52.9 Å². The first-order chi connectivity index (χ1) is 14.8. The van der Waals surface area contributed by atoms with Gasteiger partial charge in [0.15, 0.2) is 11.5 Å². The topological polar surface area (TPSA) is 56.3 Å². The van der Waals surface area contributed by atoms with Crippen LogP contribution in [0.5, 0.6) is 11.5 Å². The van der Waals surface area contributed by atoms with Crippen LogP contribution in [0.3, 0.4) is 0 Å². The van der Waals surface area contributed by atoms with Gasteiger partial charge in [-0.15, -0.1) is 11.3 Å². The van der Waals surface area contributed by atoms with E-state index in [0.29, 0.717) is 0 Å². The van der Waals surface area contributed by atoms with Crippen LogP contribution < -0.4 is 14.8 Å². The zero-order chi connectivity index (χ0) is 19.9. The number of nitrogens with zero attached hydrogens (tertiary/aromatic N) is 2. The normalized spacial score (nSPS) is 14.7. The van der Waals surface area contributed by atoms with Crippen molar-refractivity contribution < 1.29 is 9.47 Å². The molecule has 0 bridgehead atoms. The number of anilines is 2. The average Bonchev–Trinajstić information content (AvgIpc) is 3.38. The van der Waals surface area contributed by atoms with Crippen molar-refractivity contribution in [1.29, 1.82) is 0 Å². The largest absolute Gasteiger partial charge is 0.454 e. The van der Waals surface area contributed by atoms with Gasteiger partial charge in [0.1, 0.15) is 16.5 Å². The van der Waals surface area contributed by atoms with Crippen LogP contribution in [-0.2, 0) is 19.3 Å². The van der Waals surface area contributed by atoms with E-state index in [-0.39, 0.29) is 6.79 Å². The number of hydrogen-bond acceptors (Lipinski definition) is 6. The van der Waals surface area contributed by atoms with Gasteiger partial charge in [0.2, 0.25) is 6.79 Å². The lowest BCUT2D eigenvalue weighted by molar-refractivity contribution is 0.174. The first-order valence-corrected chi connectivity index (χ1v) is 11.2. The molecular weight excluding hydrogens is 394 g/mol. The van der Waals surface area contributed by atoms with Crippen LogP contribution in [-0.4, -0.2) is 16.8 Å². The molecule has 1 N–H and O–H groups in total. The zero-order valence-electron chi connectivity index (χ0n) is 16.5. The minimum atomic E-state index is 0.274. The summed E-state index contributed by atoms with van der Waals surface area (Å²) in [6.45, 7) is 0.274. The Labute approximate surface area is 178 Å². The molecule has 2 aromatic carbocycles. The molecule has 0 spiro atoms. The van der Waals surface area contributed by atoms with Gasteiger partial charge >= 0.3 is 0 Å². The van der Waals surface area contributed by atoms with Crippen LogP contribution in [0.15, 0.2) is 48.5 Å². The molecule has 0 saturated carbocycles. The molecule has 1 aliphatic heterocycles. The van der Waals surface area contributed by atoms with Crippen LogP contribution in [0, 0.1) is 0 Å². The van der Waals surface area contributed by atoms with Gasteiger partial charge in [-0.1, -0.05) is 30.3 Å². The van der Waals surface area contributed by atoms with Gasteiger partial charge < -0.3 is 14.8 Å². The van der Waals surface area contributed by atoms with Gasteiger partial charge in [-0.25, -0.2) is 9.97 Å². The molecule has 30 heavy (non-hydrogen) atoms. The summed E-state index contributed by atoms with van der Waals surface area (Å²) < 4.78 is 11.0. The summed E-state index contributed by atoms with van der Waals surface area (Å²) in [6, 6.07) is 16.3. The summed E-state index contributed by atoms with van der Waals surface area (Å²) in [6.07, 6.45) is 5.46. The molecule has 0 saturated heterocycles. The third kappa shape index (κ3) is 3.17. The minimum Gasteiger partial charge on any atom is -0.454 e. The predicted octanol–water partition coefficient (Wildman–Crippen LogP) is 5.63. The standard InChI is InChI=1S/C24H21N3O2S/c1-2-6-15(7-3-1)12-21-26-23(25-16-10-11-18-19(13-16)29-14-28-18)22-17-8-4-5-9-20(17)30-24(22)27-21/h1-3,6-7,10-11,13H,4-5,8-9,12,14H2,(H,25,26,27). The summed E-state index contributed by atoms with van der Waals surface area (Å²) in [5.41, 5.74) is 3.59. The second-order valence-electron chi connectivity index (χ2n) is 7.73. The summed E-state index contributed by atoms with van der Waals surface area (Å²) in [5, 5.41) is 4.74. The van der Waals surface area contributed by atoms with Gasteiger partial charge in [0, 0.05) is 23.1 Å². The van der Waals surface area contributed by atoms with Crippen LogP contribution in [0.1, 0.15) is 34.7 Å². The third-order valence-electron chi connectivity index (χ3n) is 5.70. The van der Waals surface area contributed by atoms with E-state index < -0.39 is 0 Å². The summed E-state index contributed by atoms with van der Waals surface area (Å²) in [4.78, 5) is 12.5. The van der Waals surface area contributed by atoms with E-state index in [2.05, 4.69) is 29.6 Å². The Kier molecular flexibility index (Phi) is 4.30. The van der Waals surface area contributed by atoms with E-state index in [1.54, 1.807) is 0 Å². The quantitative estimate of drug-likeness (QED) is 0.468. The molecular formula is C24H21N3O2S. The fraction of sp³-hybridized carbons (Fsp3) is 0.250. The molecule has 2 aromatic heterocycles. The van der Waals surface area contributed by atoms with Crippen molar-refractivity contribution in [1.82, 2.24) is 9.97 Å². The van der Waals surface area contributed by atoms with Crippen molar-refractivity contribution in [2.24, 2.45) is 0 Å². The highest BCUT2D eigenvalue weighted by molar-refractivity contribution is 7.19. The van der Waals surface area contributed by atoms with Crippen molar-refractivity contribution in [3.05, 3.63) is 70.4 Å². The van der Waals surface area contributed by atoms with Crippen LogP contribution in [0.4, 0.5) is 11.5 Å². The molecule has 5 nitrogen and oxygen atoms in total. The fourth-order valence-electron chi connectivity index (χ4n) is 4.26. The van der Waals surface area contributed by atoms with Gasteiger partial charge in [0.05, 0.1) is 5.39 Å². The van der Waals surface area contributed by atoms with Crippen molar-refractivity contribution in [3.8, 4) is 11.5 Å². The average molecular weight is 416 g/mol. The van der Waals surface area contributed by atoms with Gasteiger partial charge in [-0.3, -0.25) is 0 Å². The maximum absolute atomic E-state index is 5.55. The molecule has 1 aliphatic carbocycles. The summed E-state index contributed by atoms with van der Waals surface area (Å²) in [5.74, 6) is 3.29. The minimum absolute atomic E-state index is 0.274. The molecule has 2 aliphatic rings. The van der Waals surface area contributed by atoms with Crippen LogP contribution in [0.25, 0.3) is 10.2 Å². The molecule has 0 amide bonds. The Bertz CT molecular complexity index is 1240. The monoisotopic (exact) mass is 415 g/mol. The number of nitrogens with one attached hydrogen (secondary N) is 1. The Morgan fingerprint density at radius 1 is 0.933 bits per heavy atom. The number of hydrogen-bond donors (Lipinski definition) is 1. The first-order valence-electron chi connectivity index (χ1n) is 10.4. The maximum Gasteiger partial charge on any atom is 0.231 e. The predicted molar refractivity (Wildman–Crippen MR) is 119 cm³/mol. The molecule has 3 heterocycles. The van der Waals surface area contributed by atoms with Crippen LogP contribution in [0.2, 0.25) is 0 Å². The second-order valence-corrected chi connectivity index (χ2v) is 8.82. The Balaban J connectivity index is 1.45. The molecule has 4 aromatic rings. The molecule has 0 unspecified atom stereocenters. The SMILES string of the molecule is c1ccc(Cc2nc(Nc3ccc4c(c3)OCO4)c3c4c(sc3n2)CCCC4)cc1. The van der Waals surface area contributed by atoms with E-state index in [4.69, 9.17) is 19.4 Å². The highest BCUT2D eigenvalue weighted by Crippen LogP contribution is 2.41. The number of ether oxygens (including phenoxy) is 2. The lowest BCUT2D eigenvalue weighted by Gasteiger charge is -2.14. The van der Waals surface area contributed by atoms with E-state index in [1.165, 1.54) is 34.2 Å². The van der Waals surface area contributed by atoms with Crippen molar-refractivity contribution in [2.75, 3.05) is 12.1 Å². The second kappa shape index (κ2) is 7.29. The van der Waals surface area contributed by atoms with Crippen molar-refractivity contribution in [2.45, 2.75) is 32.1 Å². The van der Waals surface area contributed by atoms with Crippen LogP contribution >= 0.6 is 11.3 Å². The Morgan fingerprint density at radius 3 is 2.73 bits per heavy atom. The molecule has 0 fully saturated rings. The van der Waals surface area contributed by atoms with E-state index in [1.807, 2.05) is 35.6 Å². The zero-order valence-corrected chi connectivity index (χ0v) is 17.3. The molecule has 6 heteroatoms. The Hall–Kier alpha value is -3.12. The number of aromatic nitrogens is 2. The highest BCUT2D eigenvalue weighted by atomic mass is 32.1.